The Bertz CT molecular complexity index is 892. The van der Waals surface area contributed by atoms with Gasteiger partial charge in [0.1, 0.15) is 5.75 Å². The van der Waals surface area contributed by atoms with Gasteiger partial charge in [0, 0.05) is 0 Å². The molecule has 3 rings (SSSR count). The van der Waals surface area contributed by atoms with E-state index in [1.54, 1.807) is 23.5 Å². The SMILES string of the molecule is O=C(Cc1ccc(-c2ccsc2)cc1)N[C@@H](c1ccc(O)cn1)C(F)(F)F. The second-order valence-electron chi connectivity index (χ2n) is 5.87. The maximum atomic E-state index is 13.3. The molecule has 0 radical (unpaired) electrons. The van der Waals surface area contributed by atoms with Gasteiger partial charge in [0.05, 0.1) is 18.3 Å². The monoisotopic (exact) mass is 392 g/mol. The van der Waals surface area contributed by atoms with Crippen molar-refractivity contribution in [3.63, 3.8) is 0 Å². The number of halogens is 3. The first kappa shape index (κ1) is 18.9. The molecule has 140 valence electrons. The number of aromatic nitrogens is 1. The van der Waals surface area contributed by atoms with Crippen LogP contribution in [0.5, 0.6) is 5.75 Å². The Kier molecular flexibility index (Phi) is 5.46. The van der Waals surface area contributed by atoms with Crippen molar-refractivity contribution in [1.82, 2.24) is 10.3 Å². The third-order valence-corrected chi connectivity index (χ3v) is 4.56. The van der Waals surface area contributed by atoms with Crippen LogP contribution in [0.4, 0.5) is 13.2 Å². The Morgan fingerprint density at radius 2 is 1.85 bits per heavy atom. The van der Waals surface area contributed by atoms with E-state index < -0.39 is 18.1 Å². The van der Waals surface area contributed by atoms with Gasteiger partial charge in [0.15, 0.2) is 6.04 Å². The summed E-state index contributed by atoms with van der Waals surface area (Å²) in [4.78, 5) is 15.7. The van der Waals surface area contributed by atoms with Crippen molar-refractivity contribution in [1.29, 1.82) is 0 Å². The average Bonchev–Trinajstić information content (AvgIpc) is 3.15. The molecule has 2 heterocycles. The Balaban J connectivity index is 1.70. The number of pyridine rings is 1. The van der Waals surface area contributed by atoms with Gasteiger partial charge in [-0.25, -0.2) is 0 Å². The number of amides is 1. The van der Waals surface area contributed by atoms with E-state index in [1.807, 2.05) is 34.3 Å². The zero-order valence-corrected chi connectivity index (χ0v) is 14.7. The largest absolute Gasteiger partial charge is 0.506 e. The zero-order valence-electron chi connectivity index (χ0n) is 13.9. The maximum absolute atomic E-state index is 13.3. The van der Waals surface area contributed by atoms with Gasteiger partial charge in [0.2, 0.25) is 5.91 Å². The van der Waals surface area contributed by atoms with Crippen molar-refractivity contribution in [2.45, 2.75) is 18.6 Å². The molecule has 27 heavy (non-hydrogen) atoms. The lowest BCUT2D eigenvalue weighted by molar-refractivity contribution is -0.164. The molecule has 2 aromatic heterocycles. The molecule has 0 fully saturated rings. The second-order valence-corrected chi connectivity index (χ2v) is 6.65. The fourth-order valence-corrected chi connectivity index (χ4v) is 3.20. The van der Waals surface area contributed by atoms with Crippen molar-refractivity contribution in [3.05, 3.63) is 70.7 Å². The predicted molar refractivity (Wildman–Crippen MR) is 96.3 cm³/mol. The quantitative estimate of drug-likeness (QED) is 0.673. The first-order chi connectivity index (χ1) is 12.8. The first-order valence-corrected chi connectivity index (χ1v) is 8.90. The van der Waals surface area contributed by atoms with Crippen LogP contribution in [0.1, 0.15) is 17.3 Å². The van der Waals surface area contributed by atoms with E-state index in [9.17, 15) is 23.1 Å². The maximum Gasteiger partial charge on any atom is 0.414 e. The fraction of sp³-hybridized carbons (Fsp3) is 0.158. The van der Waals surface area contributed by atoms with Crippen LogP contribution in [0.25, 0.3) is 11.1 Å². The van der Waals surface area contributed by atoms with Gasteiger partial charge in [-0.1, -0.05) is 24.3 Å². The zero-order chi connectivity index (χ0) is 19.4. The number of thiophene rings is 1. The molecule has 4 nitrogen and oxygen atoms in total. The van der Waals surface area contributed by atoms with E-state index in [4.69, 9.17) is 0 Å². The van der Waals surface area contributed by atoms with Crippen molar-refractivity contribution >= 4 is 17.2 Å². The highest BCUT2D eigenvalue weighted by Gasteiger charge is 2.42. The summed E-state index contributed by atoms with van der Waals surface area (Å²) < 4.78 is 39.9. The second kappa shape index (κ2) is 7.79. The number of nitrogens with zero attached hydrogens (tertiary/aromatic N) is 1. The van der Waals surface area contributed by atoms with Crippen LogP contribution in [-0.2, 0) is 11.2 Å². The summed E-state index contributed by atoms with van der Waals surface area (Å²) in [6, 6.07) is 8.93. The summed E-state index contributed by atoms with van der Waals surface area (Å²) in [5.74, 6) is -1.02. The molecule has 0 aliphatic heterocycles. The number of carbonyl (C=O) groups is 1. The highest BCUT2D eigenvalue weighted by Crippen LogP contribution is 2.32. The summed E-state index contributed by atoms with van der Waals surface area (Å²) in [6.07, 6.45) is -3.99. The Labute approximate surface area is 157 Å². The van der Waals surface area contributed by atoms with Crippen molar-refractivity contribution < 1.29 is 23.1 Å². The molecule has 0 bridgehead atoms. The molecule has 8 heteroatoms. The number of alkyl halides is 3. The topological polar surface area (TPSA) is 62.2 Å². The Morgan fingerprint density at radius 3 is 2.41 bits per heavy atom. The molecule has 1 atom stereocenters. The molecule has 2 N–H and O–H groups in total. The number of hydrogen-bond donors (Lipinski definition) is 2. The molecule has 1 aromatic carbocycles. The summed E-state index contributed by atoms with van der Waals surface area (Å²) in [7, 11) is 0. The van der Waals surface area contributed by atoms with Crippen molar-refractivity contribution in [3.8, 4) is 16.9 Å². The predicted octanol–water partition coefficient (Wildman–Crippen LogP) is 4.48. The van der Waals surface area contributed by atoms with Crippen LogP contribution in [0.15, 0.2) is 59.4 Å². The third-order valence-electron chi connectivity index (χ3n) is 3.87. The molecule has 0 saturated heterocycles. The number of aromatic hydroxyl groups is 1. The molecule has 0 saturated carbocycles. The van der Waals surface area contributed by atoms with Gasteiger partial charge in [0.25, 0.3) is 0 Å². The molecular weight excluding hydrogens is 377 g/mol. The average molecular weight is 392 g/mol. The summed E-state index contributed by atoms with van der Waals surface area (Å²) in [5.41, 5.74) is 2.24. The van der Waals surface area contributed by atoms with E-state index >= 15 is 0 Å². The minimum absolute atomic E-state index is 0.186. The minimum Gasteiger partial charge on any atom is -0.506 e. The lowest BCUT2D eigenvalue weighted by Gasteiger charge is -2.21. The summed E-state index contributed by atoms with van der Waals surface area (Å²) in [5, 5.41) is 15.1. The number of hydrogen-bond acceptors (Lipinski definition) is 4. The summed E-state index contributed by atoms with van der Waals surface area (Å²) in [6.45, 7) is 0. The molecule has 3 aromatic rings. The van der Waals surface area contributed by atoms with Gasteiger partial charge < -0.3 is 10.4 Å². The van der Waals surface area contributed by atoms with E-state index in [2.05, 4.69) is 4.98 Å². The van der Waals surface area contributed by atoms with Gasteiger partial charge in [-0.2, -0.15) is 24.5 Å². The van der Waals surface area contributed by atoms with Crippen LogP contribution >= 0.6 is 11.3 Å². The van der Waals surface area contributed by atoms with Gasteiger partial charge in [-0.15, -0.1) is 0 Å². The minimum atomic E-state index is -4.71. The van der Waals surface area contributed by atoms with Crippen molar-refractivity contribution in [2.75, 3.05) is 0 Å². The van der Waals surface area contributed by atoms with Gasteiger partial charge in [-0.3, -0.25) is 9.78 Å². The molecule has 1 amide bonds. The Hall–Kier alpha value is -2.87. The standard InChI is InChI=1S/C19H15F3N2O2S/c20-19(21,22)18(16-6-5-15(25)10-23-16)24-17(26)9-12-1-3-13(4-2-12)14-7-8-27-11-14/h1-8,10-11,18,25H,9H2,(H,24,26)/t18-/m0/s1. The molecule has 0 spiro atoms. The van der Waals surface area contributed by atoms with Gasteiger partial charge >= 0.3 is 6.18 Å². The highest BCUT2D eigenvalue weighted by atomic mass is 32.1. The smallest absolute Gasteiger partial charge is 0.414 e. The highest BCUT2D eigenvalue weighted by molar-refractivity contribution is 7.08. The fourth-order valence-electron chi connectivity index (χ4n) is 2.53. The molecular formula is C19H15F3N2O2S. The van der Waals surface area contributed by atoms with Crippen molar-refractivity contribution in [2.24, 2.45) is 0 Å². The van der Waals surface area contributed by atoms with E-state index in [-0.39, 0.29) is 17.9 Å². The molecule has 0 aliphatic rings. The summed E-state index contributed by atoms with van der Waals surface area (Å²) >= 11 is 1.56. The van der Waals surface area contributed by atoms with E-state index in [0.717, 1.165) is 29.5 Å². The number of rotatable bonds is 5. The van der Waals surface area contributed by atoms with Crippen LogP contribution < -0.4 is 5.32 Å². The lowest BCUT2D eigenvalue weighted by Crippen LogP contribution is -2.39. The lowest BCUT2D eigenvalue weighted by atomic mass is 10.0. The van der Waals surface area contributed by atoms with Crippen LogP contribution in [-0.4, -0.2) is 22.2 Å². The van der Waals surface area contributed by atoms with E-state index in [0.29, 0.717) is 5.56 Å². The molecule has 0 unspecified atom stereocenters. The normalized spacial score (nSPS) is 12.6. The number of nitrogens with one attached hydrogen (secondary N) is 1. The first-order valence-electron chi connectivity index (χ1n) is 7.95. The number of benzene rings is 1. The Morgan fingerprint density at radius 1 is 1.11 bits per heavy atom. The third kappa shape index (κ3) is 4.85. The van der Waals surface area contributed by atoms with Crippen LogP contribution in [0.3, 0.4) is 0 Å². The van der Waals surface area contributed by atoms with Crippen LogP contribution in [0.2, 0.25) is 0 Å². The van der Waals surface area contributed by atoms with Crippen LogP contribution in [0, 0.1) is 0 Å². The number of carbonyl (C=O) groups excluding carboxylic acids is 1. The van der Waals surface area contributed by atoms with E-state index in [1.165, 1.54) is 0 Å². The molecule has 0 aliphatic carbocycles. The van der Waals surface area contributed by atoms with Gasteiger partial charge in [-0.05, 0) is 45.6 Å².